The molecule has 0 spiro atoms. The predicted molar refractivity (Wildman–Crippen MR) is 86.5 cm³/mol. The van der Waals surface area contributed by atoms with Crippen LogP contribution in [0.3, 0.4) is 0 Å². The molecule has 1 aliphatic rings. The number of hydrogen-bond donors (Lipinski definition) is 3. The Morgan fingerprint density at radius 3 is 2.68 bits per heavy atom. The van der Waals surface area contributed by atoms with Gasteiger partial charge in [-0.05, 0) is 24.3 Å². The van der Waals surface area contributed by atoms with Crippen LogP contribution in [-0.2, 0) is 4.79 Å². The zero-order chi connectivity index (χ0) is 15.7. The van der Waals surface area contributed by atoms with Gasteiger partial charge in [0.2, 0.25) is 0 Å². The van der Waals surface area contributed by atoms with Crippen LogP contribution in [0.1, 0.15) is 5.76 Å². The molecule has 0 radical (unpaired) electrons. The third-order valence-electron chi connectivity index (χ3n) is 2.93. The summed E-state index contributed by atoms with van der Waals surface area (Å²) in [6.45, 7) is 0. The third-order valence-corrected chi connectivity index (χ3v) is 4.09. The van der Waals surface area contributed by atoms with Gasteiger partial charge >= 0.3 is 0 Å². The van der Waals surface area contributed by atoms with Crippen LogP contribution in [0, 0.1) is 0 Å². The van der Waals surface area contributed by atoms with Gasteiger partial charge in [-0.2, -0.15) is 0 Å². The second-order valence-electron chi connectivity index (χ2n) is 4.36. The number of thiocarbonyl (C=S) groups is 1. The highest BCUT2D eigenvalue weighted by molar-refractivity contribution is 8.26. The van der Waals surface area contributed by atoms with E-state index >= 15 is 0 Å². The summed E-state index contributed by atoms with van der Waals surface area (Å²) >= 11 is 6.08. The summed E-state index contributed by atoms with van der Waals surface area (Å²) < 4.78 is 6.05. The monoisotopic (exact) mass is 334 g/mol. The highest BCUT2D eigenvalue weighted by Crippen LogP contribution is 2.32. The van der Waals surface area contributed by atoms with Crippen molar-refractivity contribution in [3.8, 4) is 11.3 Å². The molecule has 3 N–H and O–H groups in total. The molecule has 2 aromatic rings. The van der Waals surface area contributed by atoms with E-state index in [2.05, 4.69) is 5.32 Å². The fourth-order valence-electron chi connectivity index (χ4n) is 1.98. The van der Waals surface area contributed by atoms with Gasteiger partial charge in [0.05, 0.1) is 4.91 Å². The Morgan fingerprint density at radius 2 is 2.00 bits per heavy atom. The number of hydrogen-bond acceptors (Lipinski definition) is 7. The summed E-state index contributed by atoms with van der Waals surface area (Å²) in [5, 5.41) is 21.0. The lowest BCUT2D eigenvalue weighted by atomic mass is 10.1. The Labute approximate surface area is 134 Å². The minimum absolute atomic E-state index is 0.0364. The number of nitrogens with one attached hydrogen (secondary N) is 1. The van der Waals surface area contributed by atoms with Gasteiger partial charge in [-0.3, -0.25) is 15.2 Å². The number of rotatable bonds is 3. The van der Waals surface area contributed by atoms with Crippen LogP contribution in [-0.4, -0.2) is 20.6 Å². The molecule has 0 unspecified atom stereocenters. The smallest absolute Gasteiger partial charge is 0.263 e. The molecule has 1 aliphatic heterocycles. The Kier molecular flexibility index (Phi) is 3.99. The molecule has 0 atom stereocenters. The predicted octanol–water partition coefficient (Wildman–Crippen LogP) is 3.02. The topological polar surface area (TPSA) is 85.9 Å². The lowest BCUT2D eigenvalue weighted by Crippen LogP contribution is -2.17. The van der Waals surface area contributed by atoms with Crippen molar-refractivity contribution in [3.05, 3.63) is 47.1 Å². The Morgan fingerprint density at radius 1 is 1.23 bits per heavy atom. The van der Waals surface area contributed by atoms with Gasteiger partial charge in [0.1, 0.15) is 21.5 Å². The third kappa shape index (κ3) is 2.90. The van der Waals surface area contributed by atoms with Crippen molar-refractivity contribution in [2.24, 2.45) is 0 Å². The van der Waals surface area contributed by atoms with E-state index in [1.807, 2.05) is 0 Å². The first-order chi connectivity index (χ1) is 10.5. The molecule has 1 saturated heterocycles. The number of nitrogens with zero attached hydrogens (tertiary/aromatic N) is 1. The number of anilines is 1. The van der Waals surface area contributed by atoms with Crippen molar-refractivity contribution in [2.45, 2.75) is 0 Å². The average molecular weight is 334 g/mol. The number of carbonyl (C=O) groups is 1. The van der Waals surface area contributed by atoms with E-state index in [4.69, 9.17) is 16.6 Å². The largest absolute Gasteiger partial charge is 0.457 e. The minimum Gasteiger partial charge on any atom is -0.457 e. The van der Waals surface area contributed by atoms with Gasteiger partial charge in [0.25, 0.3) is 5.91 Å². The molecule has 112 valence electrons. The van der Waals surface area contributed by atoms with Crippen LogP contribution in [0.4, 0.5) is 5.69 Å². The maximum absolute atomic E-state index is 11.6. The first-order valence-corrected chi connectivity index (χ1v) is 7.39. The van der Waals surface area contributed by atoms with E-state index < -0.39 is 0 Å². The molecule has 0 aliphatic carbocycles. The molecule has 0 bridgehead atoms. The van der Waals surface area contributed by atoms with Crippen molar-refractivity contribution < 1.29 is 19.6 Å². The standard InChI is InChI=1S/C14H10N2O4S2/c17-13-12(22-14(21)15-13)7-8-5-6-11(20-8)9-3-1-2-4-10(9)16(18)19/h1-7,18-19H,(H,15,17,21)/b12-7-. The van der Waals surface area contributed by atoms with Gasteiger partial charge in [-0.1, -0.05) is 36.1 Å². The summed E-state index contributed by atoms with van der Waals surface area (Å²) in [5.74, 6) is 0.654. The maximum Gasteiger partial charge on any atom is 0.263 e. The van der Waals surface area contributed by atoms with E-state index in [1.54, 1.807) is 36.4 Å². The molecule has 2 heterocycles. The summed E-state index contributed by atoms with van der Waals surface area (Å²) in [4.78, 5) is 12.1. The summed E-state index contributed by atoms with van der Waals surface area (Å²) in [5.41, 5.74) is 0.696. The van der Waals surface area contributed by atoms with Crippen LogP contribution < -0.4 is 10.5 Å². The SMILES string of the molecule is O=C1NC(=S)S/C1=C\c1ccc(-c2ccccc2N(O)O)o1. The van der Waals surface area contributed by atoms with Crippen molar-refractivity contribution in [1.82, 2.24) is 5.32 Å². The average Bonchev–Trinajstić information content (AvgIpc) is 3.06. The van der Waals surface area contributed by atoms with Gasteiger partial charge in [0, 0.05) is 11.6 Å². The quantitative estimate of drug-likeness (QED) is 0.452. The molecule has 1 aromatic heterocycles. The number of carbonyl (C=O) groups excluding carboxylic acids is 1. The summed E-state index contributed by atoms with van der Waals surface area (Å²) in [6, 6.07) is 10.0. The van der Waals surface area contributed by atoms with Gasteiger partial charge < -0.3 is 9.73 Å². The first-order valence-electron chi connectivity index (χ1n) is 6.16. The number of para-hydroxylation sites is 1. The number of thioether (sulfide) groups is 1. The fraction of sp³-hybridized carbons (Fsp3) is 0. The van der Waals surface area contributed by atoms with E-state index in [9.17, 15) is 15.2 Å². The minimum atomic E-state index is -0.259. The number of amides is 1. The molecular formula is C14H10N2O4S2. The molecule has 3 rings (SSSR count). The molecule has 1 aromatic carbocycles. The van der Waals surface area contributed by atoms with E-state index in [0.29, 0.717) is 26.3 Å². The Hall–Kier alpha value is -2.13. The molecular weight excluding hydrogens is 324 g/mol. The van der Waals surface area contributed by atoms with E-state index in [-0.39, 0.29) is 16.8 Å². The first kappa shape index (κ1) is 14.8. The fourth-order valence-corrected chi connectivity index (χ4v) is 3.01. The van der Waals surface area contributed by atoms with Crippen LogP contribution in [0.25, 0.3) is 17.4 Å². The zero-order valence-corrected chi connectivity index (χ0v) is 12.6. The molecule has 1 amide bonds. The van der Waals surface area contributed by atoms with E-state index in [1.165, 1.54) is 17.8 Å². The lowest BCUT2D eigenvalue weighted by molar-refractivity contribution is -0.115. The molecule has 6 nitrogen and oxygen atoms in total. The summed E-state index contributed by atoms with van der Waals surface area (Å²) in [6.07, 6.45) is 1.58. The molecule has 8 heteroatoms. The normalized spacial score (nSPS) is 16.2. The second-order valence-corrected chi connectivity index (χ2v) is 6.08. The Bertz CT molecular complexity index is 783. The van der Waals surface area contributed by atoms with Crippen LogP contribution >= 0.6 is 24.0 Å². The van der Waals surface area contributed by atoms with E-state index in [0.717, 1.165) is 0 Å². The van der Waals surface area contributed by atoms with Gasteiger partial charge in [-0.25, -0.2) is 0 Å². The molecule has 1 fully saturated rings. The van der Waals surface area contributed by atoms with Gasteiger partial charge in [-0.15, -0.1) is 5.23 Å². The lowest BCUT2D eigenvalue weighted by Gasteiger charge is -2.11. The van der Waals surface area contributed by atoms with Crippen LogP contribution in [0.2, 0.25) is 0 Å². The number of furan rings is 1. The van der Waals surface area contributed by atoms with Crippen molar-refractivity contribution in [2.75, 3.05) is 5.23 Å². The van der Waals surface area contributed by atoms with Gasteiger partial charge in [0.15, 0.2) is 0 Å². The number of benzene rings is 1. The van der Waals surface area contributed by atoms with Crippen molar-refractivity contribution >= 4 is 46.0 Å². The molecule has 0 saturated carbocycles. The van der Waals surface area contributed by atoms with Crippen molar-refractivity contribution in [1.29, 1.82) is 0 Å². The Balaban J connectivity index is 1.94. The van der Waals surface area contributed by atoms with Crippen molar-refractivity contribution in [3.63, 3.8) is 0 Å². The zero-order valence-electron chi connectivity index (χ0n) is 11.0. The van der Waals surface area contributed by atoms with Crippen LogP contribution in [0.15, 0.2) is 45.7 Å². The molecule has 22 heavy (non-hydrogen) atoms. The highest BCUT2D eigenvalue weighted by atomic mass is 32.2. The summed E-state index contributed by atoms with van der Waals surface area (Å²) in [7, 11) is 0. The van der Waals surface area contributed by atoms with Crippen LogP contribution in [0.5, 0.6) is 0 Å². The maximum atomic E-state index is 11.6. The highest BCUT2D eigenvalue weighted by Gasteiger charge is 2.22. The second kappa shape index (κ2) is 5.93.